The van der Waals surface area contributed by atoms with Crippen LogP contribution in [-0.4, -0.2) is 9.13 Å². The molecule has 0 aliphatic rings. The highest BCUT2D eigenvalue weighted by Gasteiger charge is 2.13. The first-order valence-electron chi connectivity index (χ1n) is 7.51. The summed E-state index contributed by atoms with van der Waals surface area (Å²) >= 11 is 0. The lowest BCUT2D eigenvalue weighted by molar-refractivity contribution is 0.672. The van der Waals surface area contributed by atoms with Crippen molar-refractivity contribution in [3.8, 4) is 0 Å². The maximum atomic E-state index is 12.7. The zero-order chi connectivity index (χ0) is 15.5. The number of nitrogens with zero attached hydrogens (tertiary/aromatic N) is 2. The van der Waals surface area contributed by atoms with E-state index in [1.54, 1.807) is 0 Å². The van der Waals surface area contributed by atoms with Gasteiger partial charge in [0, 0.05) is 11.4 Å². The third kappa shape index (κ3) is 2.75. The second kappa shape index (κ2) is 6.06. The Kier molecular flexibility index (Phi) is 3.96. The maximum Gasteiger partial charge on any atom is 0.329 e. The van der Waals surface area contributed by atoms with Crippen LogP contribution in [0, 0.1) is 13.8 Å². The molecule has 0 unspecified atom stereocenters. The second-order valence-corrected chi connectivity index (χ2v) is 5.60. The highest BCUT2D eigenvalue weighted by molar-refractivity contribution is 5.21. The van der Waals surface area contributed by atoms with Crippen LogP contribution in [0.25, 0.3) is 0 Å². The summed E-state index contributed by atoms with van der Waals surface area (Å²) in [6, 6.07) is 20.2. The molecule has 0 N–H and O–H groups in total. The van der Waals surface area contributed by atoms with Gasteiger partial charge in [0.05, 0.1) is 13.1 Å². The predicted molar refractivity (Wildman–Crippen MR) is 89.3 cm³/mol. The summed E-state index contributed by atoms with van der Waals surface area (Å²) in [7, 11) is 0. The van der Waals surface area contributed by atoms with Crippen molar-refractivity contribution in [2.75, 3.05) is 0 Å². The minimum Gasteiger partial charge on any atom is -0.292 e. The molecule has 3 nitrogen and oxygen atoms in total. The molecule has 0 aliphatic carbocycles. The maximum absolute atomic E-state index is 12.7. The van der Waals surface area contributed by atoms with Gasteiger partial charge in [-0.3, -0.25) is 9.13 Å². The van der Waals surface area contributed by atoms with Crippen molar-refractivity contribution >= 4 is 0 Å². The molecule has 0 amide bonds. The quantitative estimate of drug-likeness (QED) is 0.724. The normalized spacial score (nSPS) is 10.8. The van der Waals surface area contributed by atoms with Gasteiger partial charge in [-0.15, -0.1) is 0 Å². The lowest BCUT2D eigenvalue weighted by Gasteiger charge is -2.04. The van der Waals surface area contributed by atoms with Gasteiger partial charge in [-0.05, 0) is 25.0 Å². The highest BCUT2D eigenvalue weighted by Crippen LogP contribution is 2.11. The summed E-state index contributed by atoms with van der Waals surface area (Å²) in [5.41, 5.74) is 4.41. The van der Waals surface area contributed by atoms with Crippen molar-refractivity contribution in [3.63, 3.8) is 0 Å². The Morgan fingerprint density at radius 1 is 0.682 bits per heavy atom. The molecule has 22 heavy (non-hydrogen) atoms. The molecule has 1 aromatic heterocycles. The van der Waals surface area contributed by atoms with E-state index in [4.69, 9.17) is 0 Å². The number of imidazole rings is 1. The van der Waals surface area contributed by atoms with Gasteiger partial charge in [-0.1, -0.05) is 60.7 Å². The number of rotatable bonds is 4. The summed E-state index contributed by atoms with van der Waals surface area (Å²) < 4.78 is 3.71. The van der Waals surface area contributed by atoms with Gasteiger partial charge < -0.3 is 0 Å². The van der Waals surface area contributed by atoms with E-state index in [1.165, 1.54) is 0 Å². The topological polar surface area (TPSA) is 26.9 Å². The molecule has 1 heterocycles. The fourth-order valence-electron chi connectivity index (χ4n) is 2.73. The summed E-state index contributed by atoms with van der Waals surface area (Å²) in [5.74, 6) is 0. The lowest BCUT2D eigenvalue weighted by Crippen LogP contribution is -2.26. The van der Waals surface area contributed by atoms with E-state index >= 15 is 0 Å². The van der Waals surface area contributed by atoms with Crippen LogP contribution in [-0.2, 0) is 13.1 Å². The van der Waals surface area contributed by atoms with E-state index in [0.29, 0.717) is 13.1 Å². The Hall–Kier alpha value is -2.55. The molecule has 2 aromatic carbocycles. The number of hydrogen-bond acceptors (Lipinski definition) is 1. The van der Waals surface area contributed by atoms with E-state index in [-0.39, 0.29) is 5.69 Å². The van der Waals surface area contributed by atoms with Gasteiger partial charge in [-0.2, -0.15) is 0 Å². The van der Waals surface area contributed by atoms with E-state index in [0.717, 1.165) is 22.5 Å². The molecule has 0 saturated heterocycles. The van der Waals surface area contributed by atoms with Gasteiger partial charge in [0.2, 0.25) is 0 Å². The van der Waals surface area contributed by atoms with Crippen LogP contribution < -0.4 is 5.69 Å². The van der Waals surface area contributed by atoms with Crippen LogP contribution in [0.5, 0.6) is 0 Å². The van der Waals surface area contributed by atoms with Crippen LogP contribution in [0.15, 0.2) is 65.5 Å². The van der Waals surface area contributed by atoms with Crippen molar-refractivity contribution in [1.82, 2.24) is 9.13 Å². The standard InChI is InChI=1S/C19H20N2O/c1-15-16(2)21(14-18-11-7-4-8-12-18)19(22)20(15)13-17-9-5-3-6-10-17/h3-12H,13-14H2,1-2H3. The first-order valence-corrected chi connectivity index (χ1v) is 7.51. The molecule has 0 spiro atoms. The molecule has 0 fully saturated rings. The van der Waals surface area contributed by atoms with Crippen molar-refractivity contribution in [3.05, 3.63) is 93.7 Å². The van der Waals surface area contributed by atoms with Crippen LogP contribution in [0.2, 0.25) is 0 Å². The molecule has 112 valence electrons. The van der Waals surface area contributed by atoms with Crippen molar-refractivity contribution in [2.45, 2.75) is 26.9 Å². The molecule has 0 aliphatic heterocycles. The van der Waals surface area contributed by atoms with Crippen LogP contribution in [0.1, 0.15) is 22.5 Å². The fraction of sp³-hybridized carbons (Fsp3) is 0.211. The smallest absolute Gasteiger partial charge is 0.292 e. The summed E-state index contributed by atoms with van der Waals surface area (Å²) in [6.07, 6.45) is 0. The molecule has 0 atom stereocenters. The molecule has 0 bridgehead atoms. The monoisotopic (exact) mass is 292 g/mol. The zero-order valence-electron chi connectivity index (χ0n) is 13.0. The van der Waals surface area contributed by atoms with E-state index in [9.17, 15) is 4.79 Å². The molecule has 0 radical (unpaired) electrons. The lowest BCUT2D eigenvalue weighted by atomic mass is 10.2. The van der Waals surface area contributed by atoms with Gasteiger partial charge in [-0.25, -0.2) is 4.79 Å². The Bertz CT molecular complexity index is 746. The van der Waals surface area contributed by atoms with E-state index < -0.39 is 0 Å². The predicted octanol–water partition coefficient (Wildman–Crippen LogP) is 3.36. The minimum absolute atomic E-state index is 0.0581. The Morgan fingerprint density at radius 3 is 1.41 bits per heavy atom. The third-order valence-electron chi connectivity index (χ3n) is 4.16. The van der Waals surface area contributed by atoms with Crippen LogP contribution >= 0.6 is 0 Å². The fourth-order valence-corrected chi connectivity index (χ4v) is 2.73. The first kappa shape index (κ1) is 14.4. The minimum atomic E-state index is 0.0581. The second-order valence-electron chi connectivity index (χ2n) is 5.60. The third-order valence-corrected chi connectivity index (χ3v) is 4.16. The molecule has 3 rings (SSSR count). The molecule has 3 aromatic rings. The van der Waals surface area contributed by atoms with Crippen LogP contribution in [0.3, 0.4) is 0 Å². The zero-order valence-corrected chi connectivity index (χ0v) is 13.0. The van der Waals surface area contributed by atoms with Gasteiger partial charge in [0.25, 0.3) is 0 Å². The van der Waals surface area contributed by atoms with E-state index in [2.05, 4.69) is 24.3 Å². The average molecular weight is 292 g/mol. The van der Waals surface area contributed by atoms with E-state index in [1.807, 2.05) is 59.4 Å². The SMILES string of the molecule is Cc1c(C)n(Cc2ccccc2)c(=O)n1Cc1ccccc1. The molecular weight excluding hydrogens is 272 g/mol. The highest BCUT2D eigenvalue weighted by atomic mass is 16.1. The Morgan fingerprint density at radius 2 is 1.05 bits per heavy atom. The van der Waals surface area contributed by atoms with Gasteiger partial charge >= 0.3 is 5.69 Å². The molecule has 3 heteroatoms. The summed E-state index contributed by atoms with van der Waals surface area (Å²) in [4.78, 5) is 12.7. The number of hydrogen-bond donors (Lipinski definition) is 0. The molecule has 0 saturated carbocycles. The van der Waals surface area contributed by atoms with Gasteiger partial charge in [0.1, 0.15) is 0 Å². The van der Waals surface area contributed by atoms with Crippen LogP contribution in [0.4, 0.5) is 0 Å². The molecular formula is C19H20N2O. The van der Waals surface area contributed by atoms with Crippen molar-refractivity contribution < 1.29 is 0 Å². The summed E-state index contributed by atoms with van der Waals surface area (Å²) in [6.45, 7) is 5.27. The number of benzene rings is 2. The van der Waals surface area contributed by atoms with Crippen molar-refractivity contribution in [1.29, 1.82) is 0 Å². The number of aromatic nitrogens is 2. The van der Waals surface area contributed by atoms with Crippen molar-refractivity contribution in [2.24, 2.45) is 0 Å². The van der Waals surface area contributed by atoms with Gasteiger partial charge in [0.15, 0.2) is 0 Å². The Balaban J connectivity index is 1.96. The first-order chi connectivity index (χ1) is 10.7. The Labute approximate surface area is 130 Å². The largest absolute Gasteiger partial charge is 0.329 e. The summed E-state index contributed by atoms with van der Waals surface area (Å²) in [5, 5.41) is 0. The average Bonchev–Trinajstić information content (AvgIpc) is 2.75.